The molecule has 3 aliphatic rings. The number of nitrogens with one attached hydrogen (secondary N) is 1. The molecule has 1 saturated carbocycles. The number of rotatable bonds is 4. The molecule has 1 aliphatic heterocycles. The summed E-state index contributed by atoms with van der Waals surface area (Å²) >= 11 is 6.42. The van der Waals surface area contributed by atoms with Crippen LogP contribution in [-0.2, 0) is 0 Å². The lowest BCUT2D eigenvalue weighted by Crippen LogP contribution is -2.19. The summed E-state index contributed by atoms with van der Waals surface area (Å²) < 4.78 is 2.24. The molecule has 1 fully saturated rings. The van der Waals surface area contributed by atoms with E-state index in [9.17, 15) is 0 Å². The fourth-order valence-corrected chi connectivity index (χ4v) is 5.29. The number of para-hydroxylation sites is 2. The number of fused-ring (bicyclic) bond motifs is 2. The largest absolute Gasteiger partial charge is 0.352 e. The summed E-state index contributed by atoms with van der Waals surface area (Å²) in [5.74, 6) is 0. The molecule has 3 aromatic rings. The molecule has 6 rings (SSSR count). The highest BCUT2D eigenvalue weighted by Gasteiger charge is 2.18. The lowest BCUT2D eigenvalue weighted by molar-refractivity contribution is 0.437. The van der Waals surface area contributed by atoms with Gasteiger partial charge in [-0.15, -0.1) is 0 Å². The Kier molecular flexibility index (Phi) is 6.16. The van der Waals surface area contributed by atoms with Crippen molar-refractivity contribution in [3.8, 4) is 17.1 Å². The normalized spacial score (nSPS) is 15.0. The van der Waals surface area contributed by atoms with Gasteiger partial charge in [-0.25, -0.2) is 4.98 Å². The Morgan fingerprint density at radius 3 is 2.61 bits per heavy atom. The third kappa shape index (κ3) is 4.47. The highest BCUT2D eigenvalue weighted by Crippen LogP contribution is 2.31. The summed E-state index contributed by atoms with van der Waals surface area (Å²) in [5, 5.41) is 5.26. The van der Waals surface area contributed by atoms with Gasteiger partial charge in [0.1, 0.15) is 0 Å². The van der Waals surface area contributed by atoms with Crippen LogP contribution >= 0.6 is 11.6 Å². The fraction of sp³-hybridized carbons (Fsp3) is 0.233. The lowest BCUT2D eigenvalue weighted by Gasteiger charge is -2.22. The molecule has 1 N–H and O–H groups in total. The Labute approximate surface area is 215 Å². The van der Waals surface area contributed by atoms with Gasteiger partial charge in [-0.1, -0.05) is 49.1 Å². The summed E-state index contributed by atoms with van der Waals surface area (Å²) in [7, 11) is 0. The van der Waals surface area contributed by atoms with Crippen molar-refractivity contribution in [1.82, 2.24) is 14.5 Å². The highest BCUT2D eigenvalue weighted by atomic mass is 35.5. The van der Waals surface area contributed by atoms with Gasteiger partial charge in [0, 0.05) is 16.9 Å². The van der Waals surface area contributed by atoms with E-state index in [0.29, 0.717) is 11.1 Å². The molecule has 0 spiro atoms. The van der Waals surface area contributed by atoms with E-state index in [-0.39, 0.29) is 0 Å². The summed E-state index contributed by atoms with van der Waals surface area (Å²) in [6.07, 6.45) is 7.85. The number of hydrogen-bond donors (Lipinski definition) is 1. The molecular weight excluding hydrogens is 466 g/mol. The van der Waals surface area contributed by atoms with Gasteiger partial charge in [-0.2, -0.15) is 0 Å². The smallest absolute Gasteiger partial charge is 0.0900 e. The van der Waals surface area contributed by atoms with Crippen molar-refractivity contribution in [2.45, 2.75) is 45.1 Å². The van der Waals surface area contributed by atoms with E-state index >= 15 is 0 Å². The third-order valence-corrected chi connectivity index (χ3v) is 7.17. The van der Waals surface area contributed by atoms with E-state index in [0.717, 1.165) is 63.4 Å². The van der Waals surface area contributed by atoms with Crippen LogP contribution in [0.4, 0.5) is 11.4 Å². The van der Waals surface area contributed by atoms with Crippen LogP contribution in [0.3, 0.4) is 0 Å². The summed E-state index contributed by atoms with van der Waals surface area (Å²) in [6.45, 7) is 2.01. The van der Waals surface area contributed by atoms with Crippen LogP contribution in [0.25, 0.3) is 28.1 Å². The topological polar surface area (TPSA) is 55.1 Å². The zero-order chi connectivity index (χ0) is 24.5. The number of pyridine rings is 1. The zero-order valence-corrected chi connectivity index (χ0v) is 21.0. The van der Waals surface area contributed by atoms with Gasteiger partial charge in [0.2, 0.25) is 0 Å². The monoisotopic (exact) mass is 493 g/mol. The van der Waals surface area contributed by atoms with E-state index in [1.807, 2.05) is 49.5 Å². The zero-order valence-electron chi connectivity index (χ0n) is 20.3. The maximum Gasteiger partial charge on any atom is 0.0900 e. The molecule has 6 heteroatoms. The minimum atomic E-state index is 0.333. The molecule has 2 heterocycles. The first-order valence-corrected chi connectivity index (χ1v) is 13.0. The molecule has 0 amide bonds. The molecule has 180 valence electrons. The molecular formula is C30H28ClN5. The Morgan fingerprint density at radius 2 is 1.78 bits per heavy atom. The minimum absolute atomic E-state index is 0.333. The van der Waals surface area contributed by atoms with Gasteiger partial charge >= 0.3 is 0 Å². The Balaban J connectivity index is 1.64. The number of anilines is 2. The van der Waals surface area contributed by atoms with E-state index in [1.165, 1.54) is 19.3 Å². The van der Waals surface area contributed by atoms with Crippen LogP contribution in [0.1, 0.15) is 37.8 Å². The second-order valence-electron chi connectivity index (χ2n) is 9.46. The average Bonchev–Trinajstić information content (AvgIpc) is 2.89. The first-order valence-electron chi connectivity index (χ1n) is 12.6. The van der Waals surface area contributed by atoms with Crippen LogP contribution < -0.4 is 10.7 Å². The number of nitrogens with zero attached hydrogens (tertiary/aromatic N) is 4. The predicted molar refractivity (Wildman–Crippen MR) is 147 cm³/mol. The number of aromatic nitrogens is 3. The second-order valence-corrected chi connectivity index (χ2v) is 9.89. The SMILES string of the molecule is Cc1ncccc1Nc1cc2nc3ccccc3n(-c3cccc(Cl)c3)c-2cc1=NC1CCCCC1. The van der Waals surface area contributed by atoms with Crippen LogP contribution in [0, 0.1) is 6.92 Å². The molecule has 0 radical (unpaired) electrons. The Morgan fingerprint density at radius 1 is 0.917 bits per heavy atom. The van der Waals surface area contributed by atoms with Crippen molar-refractivity contribution < 1.29 is 0 Å². The van der Waals surface area contributed by atoms with Crippen molar-refractivity contribution in [2.24, 2.45) is 4.99 Å². The van der Waals surface area contributed by atoms with Crippen LogP contribution in [0.5, 0.6) is 0 Å². The molecule has 5 nitrogen and oxygen atoms in total. The summed E-state index contributed by atoms with van der Waals surface area (Å²) in [4.78, 5) is 14.8. The molecule has 1 aromatic heterocycles. The third-order valence-electron chi connectivity index (χ3n) is 6.94. The predicted octanol–water partition coefficient (Wildman–Crippen LogP) is 7.46. The molecule has 0 bridgehead atoms. The quantitative estimate of drug-likeness (QED) is 0.264. The first kappa shape index (κ1) is 22.7. The molecule has 0 saturated heterocycles. The van der Waals surface area contributed by atoms with Crippen molar-refractivity contribution in [1.29, 1.82) is 0 Å². The Bertz CT molecular complexity index is 1580. The van der Waals surface area contributed by atoms with Gasteiger partial charge in [-0.05, 0) is 74.4 Å². The average molecular weight is 494 g/mol. The molecule has 0 atom stereocenters. The molecule has 36 heavy (non-hydrogen) atoms. The molecule has 0 unspecified atom stereocenters. The van der Waals surface area contributed by atoms with E-state index < -0.39 is 0 Å². The van der Waals surface area contributed by atoms with Gasteiger partial charge in [0.05, 0.1) is 50.9 Å². The van der Waals surface area contributed by atoms with Crippen molar-refractivity contribution in [3.63, 3.8) is 0 Å². The highest BCUT2D eigenvalue weighted by molar-refractivity contribution is 6.30. The fourth-order valence-electron chi connectivity index (χ4n) is 5.11. The second kappa shape index (κ2) is 9.75. The van der Waals surface area contributed by atoms with Crippen molar-refractivity contribution >= 4 is 34.0 Å². The van der Waals surface area contributed by atoms with Crippen LogP contribution in [0.2, 0.25) is 5.02 Å². The first-order chi connectivity index (χ1) is 17.7. The number of aryl methyl sites for hydroxylation is 1. The maximum atomic E-state index is 6.42. The van der Waals surface area contributed by atoms with Gasteiger partial charge < -0.3 is 9.88 Å². The number of halogens is 1. The van der Waals surface area contributed by atoms with E-state index in [2.05, 4.69) is 51.3 Å². The van der Waals surface area contributed by atoms with E-state index in [4.69, 9.17) is 21.6 Å². The van der Waals surface area contributed by atoms with Crippen molar-refractivity contribution in [3.05, 3.63) is 95.1 Å². The molecule has 2 aliphatic carbocycles. The summed E-state index contributed by atoms with van der Waals surface area (Å²) in [5.41, 5.74) is 7.70. The van der Waals surface area contributed by atoms with Gasteiger partial charge in [-0.3, -0.25) is 9.98 Å². The van der Waals surface area contributed by atoms with Gasteiger partial charge in [0.15, 0.2) is 0 Å². The van der Waals surface area contributed by atoms with E-state index in [1.54, 1.807) is 0 Å². The van der Waals surface area contributed by atoms with Gasteiger partial charge in [0.25, 0.3) is 0 Å². The number of hydrogen-bond acceptors (Lipinski definition) is 4. The lowest BCUT2D eigenvalue weighted by atomic mass is 9.96. The standard InChI is InChI=1S/C30H28ClN5/c1-20-24(14-8-16-32-20)34-26-18-28-30(19-27(26)33-22-10-3-2-4-11-22)36(23-12-7-9-21(31)17-23)29-15-6-5-13-25(29)35-28/h5-9,12-19,22,34H,2-4,10-11H2,1H3. The van der Waals surface area contributed by atoms with Crippen molar-refractivity contribution in [2.75, 3.05) is 5.32 Å². The molecule has 2 aromatic carbocycles. The summed E-state index contributed by atoms with van der Waals surface area (Å²) in [6, 6.07) is 24.8. The minimum Gasteiger partial charge on any atom is -0.352 e. The Hall–Kier alpha value is -3.70. The van der Waals surface area contributed by atoms with Crippen LogP contribution in [0.15, 0.2) is 84.0 Å². The van der Waals surface area contributed by atoms with Crippen LogP contribution in [-0.4, -0.2) is 20.6 Å². The number of benzene rings is 3. The maximum absolute atomic E-state index is 6.42.